The van der Waals surface area contributed by atoms with Crippen LogP contribution in [0.2, 0.25) is 0 Å². The molecule has 0 saturated carbocycles. The molecule has 2 unspecified atom stereocenters. The summed E-state index contributed by atoms with van der Waals surface area (Å²) in [5.74, 6) is 0.905. The minimum atomic E-state index is 0.0843. The summed E-state index contributed by atoms with van der Waals surface area (Å²) in [4.78, 5) is 0. The summed E-state index contributed by atoms with van der Waals surface area (Å²) < 4.78 is 10.8. The molecule has 0 saturated heterocycles. The maximum Gasteiger partial charge on any atom is 0.119 e. The second kappa shape index (κ2) is 8.94. The highest BCUT2D eigenvalue weighted by Gasteiger charge is 2.05. The average Bonchev–Trinajstić information content (AvgIpc) is 2.39. The van der Waals surface area contributed by atoms with E-state index in [2.05, 4.69) is 31.3 Å². The second-order valence-electron chi connectivity index (χ2n) is 5.09. The highest BCUT2D eigenvalue weighted by Crippen LogP contribution is 2.15. The quantitative estimate of drug-likeness (QED) is 0.744. The molecule has 0 aliphatic carbocycles. The Hall–Kier alpha value is -1.06. The van der Waals surface area contributed by atoms with Crippen LogP contribution >= 0.6 is 0 Å². The predicted octanol–water partition coefficient (Wildman–Crippen LogP) is 3.03. The van der Waals surface area contributed by atoms with Gasteiger partial charge in [0.2, 0.25) is 0 Å². The van der Waals surface area contributed by atoms with Crippen LogP contribution in [-0.2, 0) is 11.2 Å². The number of methoxy groups -OCH3 is 1. The van der Waals surface area contributed by atoms with E-state index in [9.17, 15) is 0 Å². The van der Waals surface area contributed by atoms with Crippen LogP contribution in [0.4, 0.5) is 0 Å². The van der Waals surface area contributed by atoms with Gasteiger partial charge in [0, 0.05) is 13.2 Å². The van der Waals surface area contributed by atoms with Gasteiger partial charge in [-0.1, -0.05) is 19.1 Å². The summed E-state index contributed by atoms with van der Waals surface area (Å²) >= 11 is 0. The molecule has 0 spiro atoms. The van der Waals surface area contributed by atoms with Gasteiger partial charge in [-0.15, -0.1) is 0 Å². The van der Waals surface area contributed by atoms with E-state index in [1.807, 2.05) is 19.1 Å². The lowest BCUT2D eigenvalue weighted by Crippen LogP contribution is -2.28. The molecule has 0 amide bonds. The molecule has 2 atom stereocenters. The molecule has 1 aromatic carbocycles. The number of nitrogens with one attached hydrogen (secondary N) is 1. The number of hydrogen-bond donors (Lipinski definition) is 1. The molecule has 108 valence electrons. The van der Waals surface area contributed by atoms with Crippen molar-refractivity contribution in [2.24, 2.45) is 0 Å². The van der Waals surface area contributed by atoms with E-state index in [-0.39, 0.29) is 6.10 Å². The fourth-order valence-electron chi connectivity index (χ4n) is 2.02. The van der Waals surface area contributed by atoms with E-state index in [4.69, 9.17) is 9.47 Å². The Kier molecular flexibility index (Phi) is 7.53. The third-order valence-corrected chi connectivity index (χ3v) is 2.95. The van der Waals surface area contributed by atoms with Gasteiger partial charge >= 0.3 is 0 Å². The standard InChI is InChI=1S/C16H27NO2/c1-5-10-17-13(2)11-15-6-8-16(9-7-15)19-14(3)12-18-4/h6-9,13-14,17H,5,10-12H2,1-4H3. The van der Waals surface area contributed by atoms with Gasteiger partial charge in [-0.3, -0.25) is 0 Å². The Morgan fingerprint density at radius 2 is 1.84 bits per heavy atom. The summed E-state index contributed by atoms with van der Waals surface area (Å²) in [6.07, 6.45) is 2.31. The van der Waals surface area contributed by atoms with Gasteiger partial charge in [0.15, 0.2) is 0 Å². The van der Waals surface area contributed by atoms with Gasteiger partial charge in [0.1, 0.15) is 11.9 Å². The molecule has 0 aliphatic rings. The van der Waals surface area contributed by atoms with Crippen molar-refractivity contribution >= 4 is 0 Å². The lowest BCUT2D eigenvalue weighted by atomic mass is 10.1. The molecule has 3 nitrogen and oxygen atoms in total. The van der Waals surface area contributed by atoms with Crippen LogP contribution in [-0.4, -0.2) is 32.4 Å². The maximum atomic E-state index is 5.74. The predicted molar refractivity (Wildman–Crippen MR) is 79.9 cm³/mol. The van der Waals surface area contributed by atoms with Crippen LogP contribution in [0.1, 0.15) is 32.8 Å². The smallest absolute Gasteiger partial charge is 0.119 e. The Morgan fingerprint density at radius 1 is 1.16 bits per heavy atom. The largest absolute Gasteiger partial charge is 0.488 e. The molecular formula is C16H27NO2. The Labute approximate surface area is 117 Å². The van der Waals surface area contributed by atoms with E-state index in [0.717, 1.165) is 18.7 Å². The van der Waals surface area contributed by atoms with Gasteiger partial charge < -0.3 is 14.8 Å². The minimum absolute atomic E-state index is 0.0843. The van der Waals surface area contributed by atoms with E-state index >= 15 is 0 Å². The van der Waals surface area contributed by atoms with E-state index in [0.29, 0.717) is 12.6 Å². The first-order chi connectivity index (χ1) is 9.15. The first kappa shape index (κ1) is 16.0. The average molecular weight is 265 g/mol. The van der Waals surface area contributed by atoms with Crippen molar-refractivity contribution in [1.29, 1.82) is 0 Å². The molecule has 1 N–H and O–H groups in total. The summed E-state index contributed by atoms with van der Waals surface area (Å²) in [5, 5.41) is 3.50. The minimum Gasteiger partial charge on any atom is -0.488 e. The second-order valence-corrected chi connectivity index (χ2v) is 5.09. The SMILES string of the molecule is CCCNC(C)Cc1ccc(OC(C)COC)cc1. The lowest BCUT2D eigenvalue weighted by Gasteiger charge is -2.15. The molecule has 0 bridgehead atoms. The maximum absolute atomic E-state index is 5.74. The van der Waals surface area contributed by atoms with Gasteiger partial charge in [-0.05, 0) is 50.9 Å². The number of rotatable bonds is 9. The Morgan fingerprint density at radius 3 is 2.42 bits per heavy atom. The third-order valence-electron chi connectivity index (χ3n) is 2.95. The fraction of sp³-hybridized carbons (Fsp3) is 0.625. The van der Waals surface area contributed by atoms with Gasteiger partial charge in [-0.2, -0.15) is 0 Å². The van der Waals surface area contributed by atoms with Crippen LogP contribution in [0.3, 0.4) is 0 Å². The summed E-state index contributed by atoms with van der Waals surface area (Å²) in [6, 6.07) is 8.86. The molecule has 1 aromatic rings. The third kappa shape index (κ3) is 6.60. The molecule has 19 heavy (non-hydrogen) atoms. The van der Waals surface area contributed by atoms with Gasteiger partial charge in [0.05, 0.1) is 6.61 Å². The first-order valence-electron chi connectivity index (χ1n) is 7.13. The molecule has 3 heteroatoms. The zero-order chi connectivity index (χ0) is 14.1. The topological polar surface area (TPSA) is 30.5 Å². The van der Waals surface area contributed by atoms with Crippen LogP contribution in [0.5, 0.6) is 5.75 Å². The van der Waals surface area contributed by atoms with Crippen LogP contribution in [0.25, 0.3) is 0 Å². The highest BCUT2D eigenvalue weighted by molar-refractivity contribution is 5.27. The van der Waals surface area contributed by atoms with Gasteiger partial charge in [0.25, 0.3) is 0 Å². The molecule has 0 heterocycles. The normalized spacial score (nSPS) is 14.1. The van der Waals surface area contributed by atoms with Crippen molar-refractivity contribution < 1.29 is 9.47 Å². The number of hydrogen-bond acceptors (Lipinski definition) is 3. The Balaban J connectivity index is 2.42. The van der Waals surface area contributed by atoms with Crippen LogP contribution in [0, 0.1) is 0 Å². The van der Waals surface area contributed by atoms with Gasteiger partial charge in [-0.25, -0.2) is 0 Å². The monoisotopic (exact) mass is 265 g/mol. The van der Waals surface area contributed by atoms with Crippen LogP contribution in [0.15, 0.2) is 24.3 Å². The highest BCUT2D eigenvalue weighted by atomic mass is 16.5. The zero-order valence-electron chi connectivity index (χ0n) is 12.6. The number of ether oxygens (including phenoxy) is 2. The molecule has 0 fully saturated rings. The van der Waals surface area contributed by atoms with Crippen molar-refractivity contribution in [3.05, 3.63) is 29.8 Å². The molecule has 0 aliphatic heterocycles. The van der Waals surface area contributed by atoms with Crippen molar-refractivity contribution in [2.75, 3.05) is 20.3 Å². The number of benzene rings is 1. The van der Waals surface area contributed by atoms with Crippen molar-refractivity contribution in [2.45, 2.75) is 45.8 Å². The van der Waals surface area contributed by atoms with E-state index in [1.54, 1.807) is 7.11 Å². The molecular weight excluding hydrogens is 238 g/mol. The zero-order valence-corrected chi connectivity index (χ0v) is 12.6. The molecule has 0 aromatic heterocycles. The fourth-order valence-corrected chi connectivity index (χ4v) is 2.02. The van der Waals surface area contributed by atoms with Crippen molar-refractivity contribution in [1.82, 2.24) is 5.32 Å². The van der Waals surface area contributed by atoms with Crippen molar-refractivity contribution in [3.63, 3.8) is 0 Å². The molecule has 0 radical (unpaired) electrons. The summed E-state index contributed by atoms with van der Waals surface area (Å²) in [6.45, 7) is 8.11. The van der Waals surface area contributed by atoms with Crippen LogP contribution < -0.4 is 10.1 Å². The Bertz CT molecular complexity index is 337. The lowest BCUT2D eigenvalue weighted by molar-refractivity contribution is 0.0921. The first-order valence-corrected chi connectivity index (χ1v) is 7.13. The molecule has 1 rings (SSSR count). The van der Waals surface area contributed by atoms with Crippen molar-refractivity contribution in [3.8, 4) is 5.75 Å². The summed E-state index contributed by atoms with van der Waals surface area (Å²) in [5.41, 5.74) is 1.34. The van der Waals surface area contributed by atoms with E-state index < -0.39 is 0 Å². The summed E-state index contributed by atoms with van der Waals surface area (Å²) in [7, 11) is 1.69. The van der Waals surface area contributed by atoms with E-state index in [1.165, 1.54) is 12.0 Å².